The van der Waals surface area contributed by atoms with Crippen molar-refractivity contribution in [3.05, 3.63) is 48.5 Å². The lowest BCUT2D eigenvalue weighted by Gasteiger charge is -2.34. The van der Waals surface area contributed by atoms with Crippen molar-refractivity contribution in [1.29, 1.82) is 0 Å². The Hall–Kier alpha value is -2.43. The van der Waals surface area contributed by atoms with E-state index in [0.717, 1.165) is 6.42 Å². The maximum Gasteiger partial charge on any atom is 0.261 e. The number of nitrogens with one attached hydrogen (secondary N) is 2. The van der Waals surface area contributed by atoms with Gasteiger partial charge in [0.15, 0.2) is 0 Å². The summed E-state index contributed by atoms with van der Waals surface area (Å²) in [6, 6.07) is 11.4. The zero-order valence-electron chi connectivity index (χ0n) is 17.7. The maximum absolute atomic E-state index is 13.0. The second kappa shape index (κ2) is 8.97. The molecule has 2 aromatic carbocycles. The van der Waals surface area contributed by atoms with E-state index < -0.39 is 20.0 Å². The van der Waals surface area contributed by atoms with Gasteiger partial charge in [-0.25, -0.2) is 16.8 Å². The number of anilines is 2. The fourth-order valence-electron chi connectivity index (χ4n) is 3.78. The van der Waals surface area contributed by atoms with Gasteiger partial charge in [-0.2, -0.15) is 4.31 Å². The predicted molar refractivity (Wildman–Crippen MR) is 120 cm³/mol. The van der Waals surface area contributed by atoms with Gasteiger partial charge in [-0.15, -0.1) is 0 Å². The highest BCUT2D eigenvalue weighted by atomic mass is 32.2. The Kier molecular flexibility index (Phi) is 6.73. The molecule has 0 aromatic heterocycles. The molecule has 1 amide bonds. The van der Waals surface area contributed by atoms with Crippen molar-refractivity contribution in [2.75, 3.05) is 23.1 Å². The third-order valence-electron chi connectivity index (χ3n) is 5.06. The molecule has 0 spiro atoms. The lowest BCUT2D eigenvalue weighted by molar-refractivity contribution is -0.114. The van der Waals surface area contributed by atoms with E-state index in [4.69, 9.17) is 0 Å². The van der Waals surface area contributed by atoms with E-state index in [1.165, 1.54) is 59.8 Å². The summed E-state index contributed by atoms with van der Waals surface area (Å²) in [5.41, 5.74) is 0.743. The molecule has 1 aliphatic rings. The van der Waals surface area contributed by atoms with E-state index in [1.54, 1.807) is 0 Å². The first kappa shape index (κ1) is 23.2. The van der Waals surface area contributed by atoms with Crippen LogP contribution in [0.5, 0.6) is 0 Å². The lowest BCUT2D eigenvalue weighted by Crippen LogP contribution is -2.42. The van der Waals surface area contributed by atoms with E-state index >= 15 is 0 Å². The molecule has 1 aliphatic heterocycles. The first-order chi connectivity index (χ1) is 14.5. The summed E-state index contributed by atoms with van der Waals surface area (Å²) in [4.78, 5) is 11.2. The molecule has 10 heteroatoms. The smallest absolute Gasteiger partial charge is 0.261 e. The zero-order valence-corrected chi connectivity index (χ0v) is 19.3. The fourth-order valence-corrected chi connectivity index (χ4v) is 6.52. The number of hydrogen-bond acceptors (Lipinski definition) is 5. The molecule has 2 N–H and O–H groups in total. The van der Waals surface area contributed by atoms with Crippen LogP contribution in [0.1, 0.15) is 27.2 Å². The molecule has 3 rings (SSSR count). The standard InChI is InChI=1S/C21H27N3O5S2/c1-15-12-16(2)14-24(13-15)31(28,29)21-10-6-19(7-11-21)23-30(26,27)20-8-4-18(5-9-20)22-17(3)25/h4-11,15-16,23H,12-14H2,1-3H3,(H,22,25). The van der Waals surface area contributed by atoms with Crippen LogP contribution in [0.15, 0.2) is 58.3 Å². The number of rotatable bonds is 6. The number of carbonyl (C=O) groups excluding carboxylic acids is 1. The summed E-state index contributed by atoms with van der Waals surface area (Å²) in [5, 5.41) is 2.57. The third-order valence-corrected chi connectivity index (χ3v) is 8.31. The van der Waals surface area contributed by atoms with Crippen LogP contribution < -0.4 is 10.0 Å². The molecule has 0 aliphatic carbocycles. The SMILES string of the molecule is CC(=O)Nc1ccc(S(=O)(=O)Nc2ccc(S(=O)(=O)N3CC(C)CC(C)C3)cc2)cc1. The van der Waals surface area contributed by atoms with Crippen LogP contribution in [0, 0.1) is 11.8 Å². The van der Waals surface area contributed by atoms with Crippen molar-refractivity contribution in [2.24, 2.45) is 11.8 Å². The average molecular weight is 466 g/mol. The van der Waals surface area contributed by atoms with Gasteiger partial charge in [-0.05, 0) is 66.8 Å². The molecular formula is C21H27N3O5S2. The Morgan fingerprint density at radius 1 is 0.839 bits per heavy atom. The Bertz CT molecular complexity index is 1130. The van der Waals surface area contributed by atoms with Crippen LogP contribution in [-0.4, -0.2) is 40.1 Å². The minimum absolute atomic E-state index is 0.0228. The number of carbonyl (C=O) groups is 1. The molecule has 1 heterocycles. The monoisotopic (exact) mass is 465 g/mol. The summed E-state index contributed by atoms with van der Waals surface area (Å²) < 4.78 is 55.1. The summed E-state index contributed by atoms with van der Waals surface area (Å²) in [6.45, 7) is 6.41. The first-order valence-electron chi connectivity index (χ1n) is 9.98. The zero-order chi connectivity index (χ0) is 22.8. The molecule has 0 bridgehead atoms. The molecule has 0 saturated carbocycles. The molecule has 2 unspecified atom stereocenters. The van der Waals surface area contributed by atoms with Crippen molar-refractivity contribution < 1.29 is 21.6 Å². The highest BCUT2D eigenvalue weighted by Gasteiger charge is 2.31. The van der Waals surface area contributed by atoms with Gasteiger partial charge in [0.2, 0.25) is 15.9 Å². The summed E-state index contributed by atoms with van der Waals surface area (Å²) in [6.07, 6.45) is 0.999. The van der Waals surface area contributed by atoms with Gasteiger partial charge in [0, 0.05) is 31.4 Å². The topological polar surface area (TPSA) is 113 Å². The van der Waals surface area contributed by atoms with E-state index in [2.05, 4.69) is 10.0 Å². The molecule has 2 atom stereocenters. The number of benzene rings is 2. The fraction of sp³-hybridized carbons (Fsp3) is 0.381. The molecule has 168 valence electrons. The van der Waals surface area contributed by atoms with Crippen LogP contribution in [0.3, 0.4) is 0 Å². The summed E-state index contributed by atoms with van der Waals surface area (Å²) in [5.74, 6) is 0.334. The van der Waals surface area contributed by atoms with Gasteiger partial charge >= 0.3 is 0 Å². The number of sulfonamides is 2. The van der Waals surface area contributed by atoms with Crippen LogP contribution in [-0.2, 0) is 24.8 Å². The molecule has 1 saturated heterocycles. The van der Waals surface area contributed by atoms with Gasteiger partial charge in [0.1, 0.15) is 0 Å². The number of piperidine rings is 1. The Morgan fingerprint density at radius 3 is 1.84 bits per heavy atom. The van der Waals surface area contributed by atoms with E-state index in [1.807, 2.05) is 13.8 Å². The van der Waals surface area contributed by atoms with Gasteiger partial charge in [-0.3, -0.25) is 9.52 Å². The van der Waals surface area contributed by atoms with Crippen molar-refractivity contribution in [3.63, 3.8) is 0 Å². The maximum atomic E-state index is 13.0. The minimum Gasteiger partial charge on any atom is -0.326 e. The van der Waals surface area contributed by atoms with E-state index in [9.17, 15) is 21.6 Å². The second-order valence-corrected chi connectivity index (χ2v) is 11.7. The summed E-state index contributed by atoms with van der Waals surface area (Å²) in [7, 11) is -7.50. The highest BCUT2D eigenvalue weighted by Crippen LogP contribution is 2.27. The van der Waals surface area contributed by atoms with Gasteiger partial charge in [0.05, 0.1) is 9.79 Å². The van der Waals surface area contributed by atoms with Crippen LogP contribution in [0.4, 0.5) is 11.4 Å². The Balaban J connectivity index is 1.74. The number of hydrogen-bond donors (Lipinski definition) is 2. The van der Waals surface area contributed by atoms with Gasteiger partial charge < -0.3 is 5.32 Å². The van der Waals surface area contributed by atoms with Gasteiger partial charge in [0.25, 0.3) is 10.0 Å². The minimum atomic E-state index is -3.86. The average Bonchev–Trinajstić information content (AvgIpc) is 2.67. The summed E-state index contributed by atoms with van der Waals surface area (Å²) >= 11 is 0. The van der Waals surface area contributed by atoms with Crippen molar-refractivity contribution in [2.45, 2.75) is 37.0 Å². The normalized spacial score (nSPS) is 20.2. The molecule has 31 heavy (non-hydrogen) atoms. The number of nitrogens with zero attached hydrogens (tertiary/aromatic N) is 1. The Morgan fingerprint density at radius 2 is 1.32 bits per heavy atom. The predicted octanol–water partition coefficient (Wildman–Crippen LogP) is 3.11. The van der Waals surface area contributed by atoms with Gasteiger partial charge in [-0.1, -0.05) is 13.8 Å². The van der Waals surface area contributed by atoms with Crippen molar-refractivity contribution in [1.82, 2.24) is 4.31 Å². The second-order valence-electron chi connectivity index (χ2n) is 8.10. The van der Waals surface area contributed by atoms with Crippen LogP contribution in [0.25, 0.3) is 0 Å². The van der Waals surface area contributed by atoms with E-state index in [0.29, 0.717) is 30.6 Å². The van der Waals surface area contributed by atoms with Crippen LogP contribution >= 0.6 is 0 Å². The lowest BCUT2D eigenvalue weighted by atomic mass is 9.94. The highest BCUT2D eigenvalue weighted by molar-refractivity contribution is 7.92. The molecule has 8 nitrogen and oxygen atoms in total. The van der Waals surface area contributed by atoms with Crippen LogP contribution in [0.2, 0.25) is 0 Å². The first-order valence-corrected chi connectivity index (χ1v) is 12.9. The number of amides is 1. The third kappa shape index (κ3) is 5.63. The molecule has 1 fully saturated rings. The molecule has 0 radical (unpaired) electrons. The largest absolute Gasteiger partial charge is 0.326 e. The Labute approximate surface area is 183 Å². The molecular weight excluding hydrogens is 438 g/mol. The molecule has 2 aromatic rings. The van der Waals surface area contributed by atoms with E-state index in [-0.39, 0.29) is 21.4 Å². The van der Waals surface area contributed by atoms with Crippen molar-refractivity contribution >= 4 is 37.3 Å². The quantitative estimate of drug-likeness (QED) is 0.681. The van der Waals surface area contributed by atoms with Crippen molar-refractivity contribution in [3.8, 4) is 0 Å².